The van der Waals surface area contributed by atoms with Gasteiger partial charge in [-0.1, -0.05) is 0 Å². The van der Waals surface area contributed by atoms with Gasteiger partial charge in [-0.25, -0.2) is 0 Å². The zero-order valence-corrected chi connectivity index (χ0v) is 9.78. The van der Waals surface area contributed by atoms with Gasteiger partial charge in [0, 0.05) is 0 Å². The van der Waals surface area contributed by atoms with Crippen molar-refractivity contribution in [3.63, 3.8) is 0 Å². The first-order chi connectivity index (χ1) is 7.68. The van der Waals surface area contributed by atoms with Crippen LogP contribution in [0.2, 0.25) is 0 Å². The molecule has 1 amide bonds. The van der Waals surface area contributed by atoms with Gasteiger partial charge in [0.25, 0.3) is 0 Å². The predicted molar refractivity (Wildman–Crippen MR) is 55.6 cm³/mol. The first kappa shape index (κ1) is 11.4. The summed E-state index contributed by atoms with van der Waals surface area (Å²) < 4.78 is 13.5. The molecule has 0 N–H and O–H groups in total. The number of piperazine rings is 1. The van der Waals surface area contributed by atoms with Crippen molar-refractivity contribution in [1.29, 1.82) is 0 Å². The first-order valence-electron chi connectivity index (χ1n) is 5.11. The normalized spacial score (nSPS) is 16.4. The quantitative estimate of drug-likeness (QED) is 0.719. The summed E-state index contributed by atoms with van der Waals surface area (Å²) in [7, 11) is 0. The van der Waals surface area contributed by atoms with E-state index in [1.54, 1.807) is 17.0 Å². The number of nitrogens with zero attached hydrogens (tertiary/aromatic N) is 2. The molecule has 0 unspecified atom stereocenters. The van der Waals surface area contributed by atoms with Crippen molar-refractivity contribution < 1.29 is 25.2 Å². The molecule has 2 rings (SSSR count). The van der Waals surface area contributed by atoms with Gasteiger partial charge < -0.3 is 0 Å². The minimum atomic E-state index is -0.211. The van der Waals surface area contributed by atoms with E-state index in [-0.39, 0.29) is 10.6 Å². The van der Waals surface area contributed by atoms with Crippen molar-refractivity contribution in [3.8, 4) is 0 Å². The van der Waals surface area contributed by atoms with Crippen LogP contribution in [0.3, 0.4) is 0 Å². The summed E-state index contributed by atoms with van der Waals surface area (Å²) in [5.74, 6) is -0.211. The fourth-order valence-corrected chi connectivity index (χ4v) is 2.07. The molecule has 16 heavy (non-hydrogen) atoms. The summed E-state index contributed by atoms with van der Waals surface area (Å²) >= 11 is 3.37. The maximum absolute atomic E-state index is 13.5. The zero-order valence-electron chi connectivity index (χ0n) is 8.67. The van der Waals surface area contributed by atoms with Gasteiger partial charge in [-0.05, 0) is 0 Å². The van der Waals surface area contributed by atoms with Crippen molar-refractivity contribution >= 4 is 10.5 Å². The Bertz CT molecular complexity index is 391. The average molecular weight is 263 g/mol. The van der Waals surface area contributed by atoms with Crippen LogP contribution in [0.1, 0.15) is 0 Å². The van der Waals surface area contributed by atoms with Crippen molar-refractivity contribution in [1.82, 2.24) is 4.90 Å². The van der Waals surface area contributed by atoms with Crippen LogP contribution in [0.5, 0.6) is 0 Å². The maximum atomic E-state index is 13.5. The Kier molecular flexibility index (Phi) is 3.46. The van der Waals surface area contributed by atoms with Crippen LogP contribution in [0.15, 0.2) is 24.3 Å². The number of halogens is 1. The summed E-state index contributed by atoms with van der Waals surface area (Å²) in [6.45, 7) is 2.53. The molecule has 0 radical (unpaired) electrons. The Labute approximate surface area is 102 Å². The van der Waals surface area contributed by atoms with E-state index in [9.17, 15) is 9.18 Å². The van der Waals surface area contributed by atoms with Gasteiger partial charge in [-0.3, -0.25) is 0 Å². The molecule has 1 aromatic carbocycles. The molecule has 0 bridgehead atoms. The van der Waals surface area contributed by atoms with Crippen LogP contribution in [-0.4, -0.2) is 35.9 Å². The predicted octanol–water partition coefficient (Wildman–Crippen LogP) is 1.61. The van der Waals surface area contributed by atoms with Gasteiger partial charge in [0.2, 0.25) is 0 Å². The molecule has 0 aromatic heterocycles. The molecule has 0 saturated carbocycles. The van der Waals surface area contributed by atoms with E-state index in [1.807, 2.05) is 11.0 Å². The number of carbonyl (C=O) groups is 1. The number of hydrogen-bond acceptors (Lipinski definition) is 2. The zero-order chi connectivity index (χ0) is 11.5. The number of carbonyl (C=O) groups excluding carboxylic acids is 1. The molecular weight excluding hydrogens is 251 g/mol. The Morgan fingerprint density at radius 3 is 2.38 bits per heavy atom. The van der Waals surface area contributed by atoms with Crippen LogP contribution in [0.4, 0.5) is 14.9 Å². The molecule has 1 aliphatic rings. The van der Waals surface area contributed by atoms with Crippen molar-refractivity contribution in [2.45, 2.75) is 0 Å². The van der Waals surface area contributed by atoms with E-state index in [0.29, 0.717) is 31.9 Å². The van der Waals surface area contributed by atoms with Gasteiger partial charge in [0.1, 0.15) is 0 Å². The number of para-hydroxylation sites is 1. The van der Waals surface area contributed by atoms with E-state index >= 15 is 0 Å². The van der Waals surface area contributed by atoms with Gasteiger partial charge in [-0.2, -0.15) is 0 Å². The third kappa shape index (κ3) is 2.36. The summed E-state index contributed by atoms with van der Waals surface area (Å²) in [6.07, 6.45) is 0. The van der Waals surface area contributed by atoms with E-state index in [4.69, 9.17) is 0 Å². The molecular formula is C11H12FFeN2O. The summed E-state index contributed by atoms with van der Waals surface area (Å²) in [5.41, 5.74) is 0.610. The van der Waals surface area contributed by atoms with Crippen LogP contribution >= 0.6 is 0 Å². The van der Waals surface area contributed by atoms with E-state index < -0.39 is 0 Å². The Morgan fingerprint density at radius 1 is 1.19 bits per heavy atom. The van der Waals surface area contributed by atoms with Crippen molar-refractivity contribution in [3.05, 3.63) is 30.1 Å². The first-order valence-corrected chi connectivity index (χ1v) is 5.66. The fourth-order valence-electron chi connectivity index (χ4n) is 1.83. The number of benzene rings is 1. The van der Waals surface area contributed by atoms with Gasteiger partial charge in [0.15, 0.2) is 0 Å². The summed E-state index contributed by atoms with van der Waals surface area (Å²) in [5, 5.41) is 0. The second kappa shape index (κ2) is 4.85. The molecule has 1 aromatic rings. The van der Waals surface area contributed by atoms with Crippen molar-refractivity contribution in [2.24, 2.45) is 0 Å². The van der Waals surface area contributed by atoms with Gasteiger partial charge in [-0.15, -0.1) is 0 Å². The second-order valence-electron chi connectivity index (χ2n) is 3.67. The summed E-state index contributed by atoms with van der Waals surface area (Å²) in [4.78, 5) is 14.5. The van der Waals surface area contributed by atoms with E-state index in [0.717, 1.165) is 0 Å². The fraction of sp³-hybridized carbons (Fsp3) is 0.364. The van der Waals surface area contributed by atoms with Crippen LogP contribution < -0.4 is 4.90 Å². The monoisotopic (exact) mass is 263 g/mol. The number of amides is 1. The number of rotatable bonds is 1. The van der Waals surface area contributed by atoms with Gasteiger partial charge >= 0.3 is 102 Å². The Hall–Kier alpha value is -1.06. The van der Waals surface area contributed by atoms with E-state index in [1.165, 1.54) is 6.07 Å². The molecule has 1 aliphatic heterocycles. The minimum absolute atomic E-state index is 0.159. The molecule has 1 saturated heterocycles. The third-order valence-electron chi connectivity index (χ3n) is 2.71. The molecule has 1 fully saturated rings. The molecule has 0 aliphatic carbocycles. The molecule has 0 atom stereocenters. The standard InChI is InChI=1S/C11H12FN2O.Fe/c12-10-3-1-2-4-11(10)14-7-5-13(9-15)6-8-14;/h1-4H,5-8H2;. The average Bonchev–Trinajstić information content (AvgIpc) is 2.30. The SMILES string of the molecule is O=[C]([Fe])N1CCN(c2ccccc2F)CC1. The number of hydrogen-bond donors (Lipinski definition) is 0. The molecule has 0 spiro atoms. The third-order valence-corrected chi connectivity index (χ3v) is 3.06. The van der Waals surface area contributed by atoms with Crippen LogP contribution in [0, 0.1) is 5.82 Å². The Morgan fingerprint density at radius 2 is 1.81 bits per heavy atom. The van der Waals surface area contributed by atoms with Crippen LogP contribution in [-0.2, 0) is 16.0 Å². The van der Waals surface area contributed by atoms with Crippen LogP contribution in [0.25, 0.3) is 0 Å². The van der Waals surface area contributed by atoms with E-state index in [2.05, 4.69) is 16.0 Å². The molecule has 1 heterocycles. The van der Waals surface area contributed by atoms with Crippen molar-refractivity contribution in [2.75, 3.05) is 31.1 Å². The molecule has 5 heteroatoms. The number of anilines is 1. The topological polar surface area (TPSA) is 23.6 Å². The second-order valence-corrected chi connectivity index (χ2v) is 4.14. The summed E-state index contributed by atoms with van der Waals surface area (Å²) in [6, 6.07) is 6.71. The molecule has 87 valence electrons. The Balaban J connectivity index is 2.05. The van der Waals surface area contributed by atoms with Gasteiger partial charge in [0.05, 0.1) is 0 Å². The molecule has 3 nitrogen and oxygen atoms in total.